The summed E-state index contributed by atoms with van der Waals surface area (Å²) >= 11 is 5.87. The van der Waals surface area contributed by atoms with Crippen molar-refractivity contribution in [3.8, 4) is 5.75 Å². The summed E-state index contributed by atoms with van der Waals surface area (Å²) in [7, 11) is 0. The van der Waals surface area contributed by atoms with Crippen molar-refractivity contribution in [3.05, 3.63) is 29.3 Å². The molecule has 1 heterocycles. The molecule has 0 saturated carbocycles. The molecule has 0 spiro atoms. The van der Waals surface area contributed by atoms with Crippen molar-refractivity contribution in [2.45, 2.75) is 6.42 Å². The number of ether oxygens (including phenoxy) is 1. The fourth-order valence-corrected chi connectivity index (χ4v) is 2.51. The minimum Gasteiger partial charge on any atom is -0.493 e. The first-order chi connectivity index (χ1) is 10.2. The van der Waals surface area contributed by atoms with Gasteiger partial charge in [0, 0.05) is 37.7 Å². The second-order valence-electron chi connectivity index (χ2n) is 5.00. The van der Waals surface area contributed by atoms with Gasteiger partial charge in [-0.25, -0.2) is 0 Å². The smallest absolute Gasteiger partial charge is 0.226 e. The van der Waals surface area contributed by atoms with Crippen molar-refractivity contribution in [2.24, 2.45) is 0 Å². The van der Waals surface area contributed by atoms with Crippen LogP contribution >= 0.6 is 11.6 Å². The lowest BCUT2D eigenvalue weighted by molar-refractivity contribution is -0.133. The summed E-state index contributed by atoms with van der Waals surface area (Å²) in [5.41, 5.74) is 0. The molecular weight excluding hydrogens is 292 g/mol. The van der Waals surface area contributed by atoms with Crippen LogP contribution in [-0.4, -0.2) is 66.8 Å². The highest BCUT2D eigenvalue weighted by molar-refractivity contribution is 6.30. The van der Waals surface area contributed by atoms with Crippen LogP contribution < -0.4 is 4.74 Å². The van der Waals surface area contributed by atoms with Gasteiger partial charge < -0.3 is 14.7 Å². The third kappa shape index (κ3) is 5.19. The van der Waals surface area contributed by atoms with Crippen LogP contribution in [-0.2, 0) is 4.79 Å². The number of benzene rings is 1. The van der Waals surface area contributed by atoms with Gasteiger partial charge in [-0.05, 0) is 18.2 Å². The summed E-state index contributed by atoms with van der Waals surface area (Å²) in [6.07, 6.45) is 0.368. The van der Waals surface area contributed by atoms with Gasteiger partial charge in [0.05, 0.1) is 19.6 Å². The number of aliphatic hydroxyl groups excluding tert-OH is 1. The van der Waals surface area contributed by atoms with E-state index >= 15 is 0 Å². The molecule has 0 aliphatic carbocycles. The minimum atomic E-state index is 0.112. The first-order valence-electron chi connectivity index (χ1n) is 7.18. The van der Waals surface area contributed by atoms with Crippen molar-refractivity contribution < 1.29 is 14.6 Å². The van der Waals surface area contributed by atoms with Crippen molar-refractivity contribution in [2.75, 3.05) is 45.9 Å². The normalized spacial score (nSPS) is 16.0. The van der Waals surface area contributed by atoms with Gasteiger partial charge in [0.2, 0.25) is 5.91 Å². The number of carbonyl (C=O) groups is 1. The Balaban J connectivity index is 1.68. The van der Waals surface area contributed by atoms with Crippen LogP contribution in [0.2, 0.25) is 5.02 Å². The minimum absolute atomic E-state index is 0.112. The summed E-state index contributed by atoms with van der Waals surface area (Å²) in [5, 5.41) is 9.51. The summed E-state index contributed by atoms with van der Waals surface area (Å²) in [5.74, 6) is 0.795. The molecule has 0 unspecified atom stereocenters. The quantitative estimate of drug-likeness (QED) is 0.859. The molecule has 1 aliphatic heterocycles. The summed E-state index contributed by atoms with van der Waals surface area (Å²) in [4.78, 5) is 16.1. The van der Waals surface area contributed by atoms with Crippen molar-refractivity contribution >= 4 is 17.5 Å². The van der Waals surface area contributed by atoms with Crippen molar-refractivity contribution in [1.82, 2.24) is 9.80 Å². The third-order valence-electron chi connectivity index (χ3n) is 3.52. The first-order valence-corrected chi connectivity index (χ1v) is 7.56. The van der Waals surface area contributed by atoms with Crippen molar-refractivity contribution in [3.63, 3.8) is 0 Å². The van der Waals surface area contributed by atoms with Gasteiger partial charge in [-0.1, -0.05) is 17.7 Å². The fourth-order valence-electron chi connectivity index (χ4n) is 2.33. The van der Waals surface area contributed by atoms with E-state index in [1.54, 1.807) is 12.1 Å². The molecule has 0 radical (unpaired) electrons. The highest BCUT2D eigenvalue weighted by Crippen LogP contribution is 2.17. The number of amides is 1. The van der Waals surface area contributed by atoms with E-state index in [4.69, 9.17) is 21.4 Å². The van der Waals surface area contributed by atoms with Gasteiger partial charge in [-0.2, -0.15) is 0 Å². The maximum Gasteiger partial charge on any atom is 0.226 e. The average Bonchev–Trinajstić information content (AvgIpc) is 2.48. The van der Waals surface area contributed by atoms with E-state index < -0.39 is 0 Å². The molecule has 1 fully saturated rings. The summed E-state index contributed by atoms with van der Waals surface area (Å²) in [6.45, 7) is 4.28. The zero-order valence-electron chi connectivity index (χ0n) is 12.0. The number of β-amino-alcohol motifs (C(OH)–C–C–N with tert-alkyl or cyclic N) is 1. The fraction of sp³-hybridized carbons (Fsp3) is 0.533. The number of nitrogens with zero attached hydrogens (tertiary/aromatic N) is 2. The van der Waals surface area contributed by atoms with Gasteiger partial charge in [0.25, 0.3) is 0 Å². The molecule has 6 heteroatoms. The molecule has 5 nitrogen and oxygen atoms in total. The Kier molecular flexibility index (Phi) is 6.29. The largest absolute Gasteiger partial charge is 0.493 e. The van der Waals surface area contributed by atoms with Crippen LogP contribution in [0.4, 0.5) is 0 Å². The maximum absolute atomic E-state index is 12.1. The van der Waals surface area contributed by atoms with Gasteiger partial charge >= 0.3 is 0 Å². The number of carbonyl (C=O) groups excluding carboxylic acids is 1. The van der Waals surface area contributed by atoms with E-state index in [2.05, 4.69) is 4.90 Å². The van der Waals surface area contributed by atoms with E-state index in [1.165, 1.54) is 0 Å². The van der Waals surface area contributed by atoms with Crippen LogP contribution in [0.15, 0.2) is 24.3 Å². The molecule has 1 saturated heterocycles. The zero-order chi connectivity index (χ0) is 15.1. The highest BCUT2D eigenvalue weighted by Gasteiger charge is 2.20. The maximum atomic E-state index is 12.1. The van der Waals surface area contributed by atoms with Crippen LogP contribution in [0.1, 0.15) is 6.42 Å². The molecular formula is C15H21ClN2O3. The van der Waals surface area contributed by atoms with E-state index in [0.29, 0.717) is 30.3 Å². The number of piperazine rings is 1. The molecule has 1 aromatic carbocycles. The molecule has 0 bridgehead atoms. The third-order valence-corrected chi connectivity index (χ3v) is 3.76. The Morgan fingerprint density at radius 2 is 2.05 bits per heavy atom. The lowest BCUT2D eigenvalue weighted by Crippen LogP contribution is -2.49. The van der Waals surface area contributed by atoms with Gasteiger partial charge in [0.1, 0.15) is 5.75 Å². The zero-order valence-corrected chi connectivity index (χ0v) is 12.8. The van der Waals surface area contributed by atoms with E-state index in [1.807, 2.05) is 17.0 Å². The molecule has 1 amide bonds. The van der Waals surface area contributed by atoms with E-state index in [-0.39, 0.29) is 12.5 Å². The number of hydrogen-bond acceptors (Lipinski definition) is 4. The molecule has 0 atom stereocenters. The molecule has 0 aromatic heterocycles. The topological polar surface area (TPSA) is 53.0 Å². The van der Waals surface area contributed by atoms with Crippen LogP contribution in [0.3, 0.4) is 0 Å². The van der Waals surface area contributed by atoms with Crippen LogP contribution in [0, 0.1) is 0 Å². The summed E-state index contributed by atoms with van der Waals surface area (Å²) in [6, 6.07) is 7.16. The Morgan fingerprint density at radius 3 is 2.71 bits per heavy atom. The first kappa shape index (κ1) is 16.1. The molecule has 1 N–H and O–H groups in total. The molecule has 1 aromatic rings. The molecule has 1 aliphatic rings. The molecule has 2 rings (SSSR count). The molecule has 116 valence electrons. The van der Waals surface area contributed by atoms with Gasteiger partial charge in [0.15, 0.2) is 0 Å². The standard InChI is InChI=1S/C15H21ClN2O3/c16-13-2-1-3-14(12-13)21-11-4-15(20)18-7-5-17(6-8-18)9-10-19/h1-3,12,19H,4-11H2. The number of halogens is 1. The highest BCUT2D eigenvalue weighted by atomic mass is 35.5. The second-order valence-corrected chi connectivity index (χ2v) is 5.44. The number of rotatable bonds is 6. The van der Waals surface area contributed by atoms with E-state index in [0.717, 1.165) is 26.2 Å². The second kappa shape index (κ2) is 8.22. The number of hydrogen-bond donors (Lipinski definition) is 1. The van der Waals surface area contributed by atoms with Crippen LogP contribution in [0.25, 0.3) is 0 Å². The Hall–Kier alpha value is -1.30. The van der Waals surface area contributed by atoms with E-state index in [9.17, 15) is 4.79 Å². The predicted molar refractivity (Wildman–Crippen MR) is 81.7 cm³/mol. The predicted octanol–water partition coefficient (Wildman–Crippen LogP) is 1.25. The van der Waals surface area contributed by atoms with Crippen LogP contribution in [0.5, 0.6) is 5.75 Å². The van der Waals surface area contributed by atoms with Gasteiger partial charge in [-0.3, -0.25) is 9.69 Å². The Labute approximate surface area is 130 Å². The van der Waals surface area contributed by atoms with Gasteiger partial charge in [-0.15, -0.1) is 0 Å². The SMILES string of the molecule is O=C(CCOc1cccc(Cl)c1)N1CCN(CCO)CC1. The molecule has 21 heavy (non-hydrogen) atoms. The lowest BCUT2D eigenvalue weighted by Gasteiger charge is -2.34. The average molecular weight is 313 g/mol. The Morgan fingerprint density at radius 1 is 1.29 bits per heavy atom. The lowest BCUT2D eigenvalue weighted by atomic mass is 10.3. The van der Waals surface area contributed by atoms with Crippen molar-refractivity contribution in [1.29, 1.82) is 0 Å². The monoisotopic (exact) mass is 312 g/mol. The summed E-state index contributed by atoms with van der Waals surface area (Å²) < 4.78 is 5.53. The Bertz CT molecular complexity index is 462. The number of aliphatic hydroxyl groups is 1.